The van der Waals surface area contributed by atoms with Gasteiger partial charge in [-0.2, -0.15) is 0 Å². The molecule has 1 saturated heterocycles. The van der Waals surface area contributed by atoms with Crippen molar-refractivity contribution in [3.8, 4) is 0 Å². The highest BCUT2D eigenvalue weighted by molar-refractivity contribution is 5.80. The van der Waals surface area contributed by atoms with E-state index in [-0.39, 0.29) is 23.9 Å². The first-order valence-electron chi connectivity index (χ1n) is 7.75. The number of carbonyl (C=O) groups is 1. The third kappa shape index (κ3) is 3.38. The molecule has 0 spiro atoms. The topological polar surface area (TPSA) is 49.6 Å². The average Bonchev–Trinajstić information content (AvgIpc) is 2.95. The second-order valence-electron chi connectivity index (χ2n) is 6.33. The summed E-state index contributed by atoms with van der Waals surface area (Å²) in [5, 5.41) is 0. The van der Waals surface area contributed by atoms with E-state index in [4.69, 9.17) is 5.73 Å². The van der Waals surface area contributed by atoms with Crippen LogP contribution in [0.4, 0.5) is 5.69 Å². The van der Waals surface area contributed by atoms with Crippen LogP contribution in [0.25, 0.3) is 0 Å². The summed E-state index contributed by atoms with van der Waals surface area (Å²) in [5.41, 5.74) is 8.30. The lowest BCUT2D eigenvalue weighted by Gasteiger charge is -2.29. The summed E-state index contributed by atoms with van der Waals surface area (Å²) in [6.45, 7) is 4.67. The minimum absolute atomic E-state index is 0.105. The van der Waals surface area contributed by atoms with E-state index in [0.29, 0.717) is 0 Å². The van der Waals surface area contributed by atoms with Crippen molar-refractivity contribution in [1.29, 1.82) is 0 Å². The van der Waals surface area contributed by atoms with Gasteiger partial charge >= 0.3 is 0 Å². The number of rotatable bonds is 4. The summed E-state index contributed by atoms with van der Waals surface area (Å²) < 4.78 is 0. The number of nitrogens with zero attached hydrogens (tertiary/aromatic N) is 2. The Hall–Kier alpha value is -1.55. The van der Waals surface area contributed by atoms with Crippen LogP contribution in [0.15, 0.2) is 24.3 Å². The highest BCUT2D eigenvalue weighted by atomic mass is 16.2. The Balaban J connectivity index is 2.22. The zero-order valence-electron chi connectivity index (χ0n) is 13.5. The second-order valence-corrected chi connectivity index (χ2v) is 6.33. The van der Waals surface area contributed by atoms with Crippen molar-refractivity contribution in [2.75, 3.05) is 25.5 Å². The van der Waals surface area contributed by atoms with Crippen LogP contribution in [0.2, 0.25) is 0 Å². The van der Waals surface area contributed by atoms with Crippen LogP contribution in [0, 0.1) is 5.92 Å². The molecule has 4 nitrogen and oxygen atoms in total. The zero-order chi connectivity index (χ0) is 15.6. The zero-order valence-corrected chi connectivity index (χ0v) is 13.5. The first-order valence-corrected chi connectivity index (χ1v) is 7.75. The number of carbonyl (C=O) groups excluding carboxylic acids is 1. The van der Waals surface area contributed by atoms with Gasteiger partial charge in [0.25, 0.3) is 0 Å². The fourth-order valence-electron chi connectivity index (χ4n) is 2.87. The van der Waals surface area contributed by atoms with Crippen molar-refractivity contribution < 1.29 is 4.79 Å². The maximum atomic E-state index is 12.6. The summed E-state index contributed by atoms with van der Waals surface area (Å²) in [6, 6.07) is 8.56. The lowest BCUT2D eigenvalue weighted by molar-refractivity contribution is -0.136. The average molecular weight is 289 g/mol. The summed E-state index contributed by atoms with van der Waals surface area (Å²) in [4.78, 5) is 16.7. The summed E-state index contributed by atoms with van der Waals surface area (Å²) in [5.74, 6) is 0.0605. The van der Waals surface area contributed by atoms with E-state index in [1.54, 1.807) is 0 Å². The van der Waals surface area contributed by atoms with Gasteiger partial charge in [0.1, 0.15) is 0 Å². The van der Waals surface area contributed by atoms with Gasteiger partial charge in [-0.1, -0.05) is 19.1 Å². The lowest BCUT2D eigenvalue weighted by Crippen LogP contribution is -2.41. The molecule has 1 fully saturated rings. The van der Waals surface area contributed by atoms with Crippen LogP contribution in [-0.2, 0) is 4.79 Å². The van der Waals surface area contributed by atoms with Crippen molar-refractivity contribution >= 4 is 11.6 Å². The van der Waals surface area contributed by atoms with Crippen LogP contribution < -0.4 is 10.6 Å². The van der Waals surface area contributed by atoms with Crippen molar-refractivity contribution in [2.45, 2.75) is 38.8 Å². The summed E-state index contributed by atoms with van der Waals surface area (Å²) in [7, 11) is 4.07. The largest absolute Gasteiger partial charge is 0.378 e. The smallest absolute Gasteiger partial charge is 0.227 e. The number of hydrogen-bond acceptors (Lipinski definition) is 3. The minimum atomic E-state index is -0.123. The van der Waals surface area contributed by atoms with Gasteiger partial charge in [-0.3, -0.25) is 4.79 Å². The lowest BCUT2D eigenvalue weighted by atomic mass is 9.99. The Morgan fingerprint density at radius 2 is 2.10 bits per heavy atom. The molecule has 0 bridgehead atoms. The van der Waals surface area contributed by atoms with Gasteiger partial charge in [-0.25, -0.2) is 0 Å². The van der Waals surface area contributed by atoms with E-state index < -0.39 is 0 Å². The van der Waals surface area contributed by atoms with Crippen LogP contribution in [-0.4, -0.2) is 37.5 Å². The number of anilines is 1. The molecule has 0 saturated carbocycles. The Kier molecular flexibility index (Phi) is 4.88. The van der Waals surface area contributed by atoms with E-state index in [9.17, 15) is 4.79 Å². The van der Waals surface area contributed by atoms with Gasteiger partial charge in [0, 0.05) is 32.4 Å². The number of hydrogen-bond donors (Lipinski definition) is 1. The Morgan fingerprint density at radius 3 is 2.71 bits per heavy atom. The third-order valence-corrected chi connectivity index (χ3v) is 4.49. The van der Waals surface area contributed by atoms with E-state index in [0.717, 1.165) is 19.4 Å². The van der Waals surface area contributed by atoms with Crippen LogP contribution in [0.5, 0.6) is 0 Å². The van der Waals surface area contributed by atoms with E-state index >= 15 is 0 Å². The SMILES string of the molecule is CC(N)C(C)C(=O)N1CCCC1c1cccc(N(C)C)c1. The van der Waals surface area contributed by atoms with Crippen LogP contribution >= 0.6 is 0 Å². The normalized spacial score (nSPS) is 21.2. The molecule has 2 N–H and O–H groups in total. The van der Waals surface area contributed by atoms with E-state index in [1.807, 2.05) is 32.8 Å². The van der Waals surface area contributed by atoms with Gasteiger partial charge in [-0.15, -0.1) is 0 Å². The van der Waals surface area contributed by atoms with E-state index in [1.165, 1.54) is 11.3 Å². The minimum Gasteiger partial charge on any atom is -0.378 e. The van der Waals surface area contributed by atoms with Crippen molar-refractivity contribution in [3.05, 3.63) is 29.8 Å². The van der Waals surface area contributed by atoms with Crippen molar-refractivity contribution in [2.24, 2.45) is 11.7 Å². The summed E-state index contributed by atoms with van der Waals surface area (Å²) >= 11 is 0. The van der Waals surface area contributed by atoms with Crippen LogP contribution in [0.1, 0.15) is 38.3 Å². The molecule has 0 aromatic heterocycles. The van der Waals surface area contributed by atoms with Gasteiger partial charge in [-0.05, 0) is 37.5 Å². The quantitative estimate of drug-likeness (QED) is 0.926. The molecule has 4 heteroatoms. The fraction of sp³-hybridized carbons (Fsp3) is 0.588. The molecule has 1 aliphatic heterocycles. The number of nitrogens with two attached hydrogens (primary N) is 1. The summed E-state index contributed by atoms with van der Waals surface area (Å²) in [6.07, 6.45) is 2.10. The molecule has 1 aromatic carbocycles. The predicted octanol–water partition coefficient (Wildman–Crippen LogP) is 2.40. The Bertz CT molecular complexity index is 499. The molecule has 116 valence electrons. The monoisotopic (exact) mass is 289 g/mol. The fourth-order valence-corrected chi connectivity index (χ4v) is 2.87. The maximum Gasteiger partial charge on any atom is 0.227 e. The second kappa shape index (κ2) is 6.48. The molecule has 1 amide bonds. The number of likely N-dealkylation sites (tertiary alicyclic amines) is 1. The molecule has 0 aliphatic carbocycles. The molecule has 0 radical (unpaired) electrons. The number of benzene rings is 1. The molecular weight excluding hydrogens is 262 g/mol. The number of amides is 1. The van der Waals surface area contributed by atoms with Crippen molar-refractivity contribution in [1.82, 2.24) is 4.90 Å². The maximum absolute atomic E-state index is 12.6. The first kappa shape index (κ1) is 15.8. The molecule has 1 aliphatic rings. The third-order valence-electron chi connectivity index (χ3n) is 4.49. The van der Waals surface area contributed by atoms with Gasteiger partial charge in [0.2, 0.25) is 5.91 Å². The Labute approximate surface area is 127 Å². The van der Waals surface area contributed by atoms with E-state index in [2.05, 4.69) is 29.2 Å². The molecule has 2 rings (SSSR count). The molecule has 3 unspecified atom stereocenters. The standard InChI is InChI=1S/C17H27N3O/c1-12(13(2)18)17(21)20-10-6-9-16(20)14-7-5-8-15(11-14)19(3)4/h5,7-8,11-13,16H,6,9-10,18H2,1-4H3. The highest BCUT2D eigenvalue weighted by Crippen LogP contribution is 2.34. The van der Waals surface area contributed by atoms with Crippen LogP contribution in [0.3, 0.4) is 0 Å². The molecule has 1 heterocycles. The highest BCUT2D eigenvalue weighted by Gasteiger charge is 2.33. The van der Waals surface area contributed by atoms with Gasteiger partial charge in [0.05, 0.1) is 12.0 Å². The molecular formula is C17H27N3O. The van der Waals surface area contributed by atoms with Gasteiger partial charge in [0.15, 0.2) is 0 Å². The molecule has 3 atom stereocenters. The molecule has 1 aromatic rings. The van der Waals surface area contributed by atoms with Crippen molar-refractivity contribution in [3.63, 3.8) is 0 Å². The van der Waals surface area contributed by atoms with Gasteiger partial charge < -0.3 is 15.5 Å². The molecule has 21 heavy (non-hydrogen) atoms. The Morgan fingerprint density at radius 1 is 1.38 bits per heavy atom. The first-order chi connectivity index (χ1) is 9.91. The predicted molar refractivity (Wildman–Crippen MR) is 87.3 cm³/mol.